The Morgan fingerprint density at radius 3 is 2.95 bits per heavy atom. The number of hydrogen-bond acceptors (Lipinski definition) is 7. The average Bonchev–Trinajstić information content (AvgIpc) is 2.46. The van der Waals surface area contributed by atoms with Crippen molar-refractivity contribution in [3.63, 3.8) is 0 Å². The highest BCUT2D eigenvalue weighted by Crippen LogP contribution is 2.24. The highest BCUT2D eigenvalue weighted by Gasteiger charge is 2.35. The number of nitrogens with one attached hydrogen (secondary N) is 1. The predicted molar refractivity (Wildman–Crippen MR) is 79.0 cm³/mol. The van der Waals surface area contributed by atoms with Crippen LogP contribution in [0.2, 0.25) is 0 Å². The highest BCUT2D eigenvalue weighted by molar-refractivity contribution is 8.00. The van der Waals surface area contributed by atoms with Crippen LogP contribution in [-0.4, -0.2) is 53.9 Å². The van der Waals surface area contributed by atoms with Crippen molar-refractivity contribution in [2.45, 2.75) is 5.37 Å². The number of thioether (sulfide) groups is 1. The molecule has 0 aliphatic carbocycles. The first-order valence-electron chi connectivity index (χ1n) is 6.05. The second-order valence-corrected chi connectivity index (χ2v) is 7.88. The highest BCUT2D eigenvalue weighted by atomic mass is 32.2. The zero-order chi connectivity index (χ0) is 15.6. The fourth-order valence-electron chi connectivity index (χ4n) is 2.03. The third-order valence-corrected chi connectivity index (χ3v) is 5.74. The summed E-state index contributed by atoms with van der Waals surface area (Å²) in [7, 11) is -3.45. The van der Waals surface area contributed by atoms with Gasteiger partial charge in [-0.1, -0.05) is 0 Å². The Morgan fingerprint density at radius 2 is 2.33 bits per heavy atom. The van der Waals surface area contributed by atoms with Gasteiger partial charge in [0, 0.05) is 30.5 Å². The van der Waals surface area contributed by atoms with Crippen LogP contribution in [0.15, 0.2) is 12.3 Å². The first kappa shape index (κ1) is 16.0. The van der Waals surface area contributed by atoms with E-state index in [0.717, 1.165) is 6.26 Å². The predicted octanol–water partition coefficient (Wildman–Crippen LogP) is 0.0660. The lowest BCUT2D eigenvalue weighted by Crippen LogP contribution is -2.50. The lowest BCUT2D eigenvalue weighted by atomic mass is 10.2. The van der Waals surface area contributed by atoms with Gasteiger partial charge >= 0.3 is 0 Å². The minimum atomic E-state index is -3.45. The number of carbonyl (C=O) groups excluding carboxylic acids is 1. The van der Waals surface area contributed by atoms with Crippen molar-refractivity contribution in [3.05, 3.63) is 23.6 Å². The number of halogens is 1. The zero-order valence-electron chi connectivity index (χ0n) is 11.2. The molecule has 2 rings (SSSR count). The van der Waals surface area contributed by atoms with E-state index in [9.17, 15) is 17.6 Å². The number of sulfone groups is 1. The number of hydrazine groups is 1. The fourth-order valence-corrected chi connectivity index (χ4v) is 4.85. The summed E-state index contributed by atoms with van der Waals surface area (Å²) >= 11 is 1.45. The van der Waals surface area contributed by atoms with Crippen LogP contribution in [0.1, 0.15) is 10.4 Å². The summed E-state index contributed by atoms with van der Waals surface area (Å²) in [6.07, 6.45) is 2.30. The summed E-state index contributed by atoms with van der Waals surface area (Å²) in [4.78, 5) is 17.3. The second kappa shape index (κ2) is 6.16. The molecule has 1 saturated heterocycles. The quantitative estimate of drug-likeness (QED) is 0.595. The molecule has 1 aromatic heterocycles. The molecule has 0 saturated carbocycles. The van der Waals surface area contributed by atoms with Gasteiger partial charge in [-0.15, -0.1) is 0 Å². The maximum absolute atomic E-state index is 14.1. The maximum atomic E-state index is 14.1. The SMILES string of the molecule is CS(=O)(=O)C1CSCCN1C(=O)c1ccnc(NN)c1F. The molecule has 1 fully saturated rings. The number of rotatable bonds is 3. The molecular weight excluding hydrogens is 319 g/mol. The van der Waals surface area contributed by atoms with Gasteiger partial charge in [-0.2, -0.15) is 11.8 Å². The summed E-state index contributed by atoms with van der Waals surface area (Å²) < 4.78 is 37.7. The molecule has 0 aromatic carbocycles. The largest absolute Gasteiger partial charge is 0.320 e. The van der Waals surface area contributed by atoms with Gasteiger partial charge in [0.05, 0.1) is 5.56 Å². The van der Waals surface area contributed by atoms with Crippen LogP contribution in [0.3, 0.4) is 0 Å². The molecule has 3 N–H and O–H groups in total. The molecule has 1 aliphatic rings. The smallest absolute Gasteiger partial charge is 0.258 e. The molecule has 1 unspecified atom stereocenters. The number of nitrogen functional groups attached to an aromatic ring is 1. The number of amides is 1. The molecule has 116 valence electrons. The van der Waals surface area contributed by atoms with Crippen LogP contribution in [0.5, 0.6) is 0 Å². The first-order chi connectivity index (χ1) is 9.86. The number of nitrogens with zero attached hydrogens (tertiary/aromatic N) is 2. The Labute approximate surface area is 126 Å². The molecule has 0 bridgehead atoms. The Hall–Kier alpha value is -1.39. The third-order valence-electron chi connectivity index (χ3n) is 3.10. The van der Waals surface area contributed by atoms with Crippen LogP contribution in [0.25, 0.3) is 0 Å². The van der Waals surface area contributed by atoms with Gasteiger partial charge in [-0.05, 0) is 6.07 Å². The van der Waals surface area contributed by atoms with E-state index < -0.39 is 26.9 Å². The zero-order valence-corrected chi connectivity index (χ0v) is 12.9. The molecule has 1 atom stereocenters. The van der Waals surface area contributed by atoms with Gasteiger partial charge in [0.1, 0.15) is 5.37 Å². The van der Waals surface area contributed by atoms with E-state index in [1.165, 1.54) is 28.9 Å². The van der Waals surface area contributed by atoms with Crippen LogP contribution >= 0.6 is 11.8 Å². The number of carbonyl (C=O) groups is 1. The van der Waals surface area contributed by atoms with Crippen molar-refractivity contribution < 1.29 is 17.6 Å². The van der Waals surface area contributed by atoms with Crippen LogP contribution in [-0.2, 0) is 9.84 Å². The molecule has 21 heavy (non-hydrogen) atoms. The molecule has 1 aromatic rings. The van der Waals surface area contributed by atoms with Crippen molar-refractivity contribution in [1.82, 2.24) is 9.88 Å². The maximum Gasteiger partial charge on any atom is 0.258 e. The second-order valence-electron chi connectivity index (χ2n) is 4.52. The third kappa shape index (κ3) is 3.27. The molecule has 1 amide bonds. The number of anilines is 1. The van der Waals surface area contributed by atoms with Crippen LogP contribution in [0.4, 0.5) is 10.2 Å². The topological polar surface area (TPSA) is 105 Å². The van der Waals surface area contributed by atoms with E-state index in [1.807, 2.05) is 0 Å². The molecule has 0 spiro atoms. The summed E-state index contributed by atoms with van der Waals surface area (Å²) in [5, 5.41) is -0.953. The summed E-state index contributed by atoms with van der Waals surface area (Å²) in [6.45, 7) is 0.244. The van der Waals surface area contributed by atoms with E-state index in [0.29, 0.717) is 5.75 Å². The van der Waals surface area contributed by atoms with Gasteiger partial charge in [0.25, 0.3) is 5.91 Å². The number of hydrogen-bond donors (Lipinski definition) is 2. The van der Waals surface area contributed by atoms with Crippen LogP contribution in [0, 0.1) is 5.82 Å². The van der Waals surface area contributed by atoms with Crippen molar-refractivity contribution in [3.8, 4) is 0 Å². The summed E-state index contributed by atoms with van der Waals surface area (Å²) in [6, 6.07) is 1.21. The molecular formula is C11H15FN4O3S2. The van der Waals surface area contributed by atoms with E-state index in [4.69, 9.17) is 5.84 Å². The Bertz CT molecular complexity index is 653. The number of nitrogens with two attached hydrogens (primary N) is 1. The number of aromatic nitrogens is 1. The average molecular weight is 334 g/mol. The van der Waals surface area contributed by atoms with Gasteiger partial charge in [0.15, 0.2) is 21.5 Å². The van der Waals surface area contributed by atoms with Crippen molar-refractivity contribution >= 4 is 33.3 Å². The van der Waals surface area contributed by atoms with Crippen molar-refractivity contribution in [2.24, 2.45) is 5.84 Å². The lowest BCUT2D eigenvalue weighted by molar-refractivity contribution is 0.0745. The van der Waals surface area contributed by atoms with Gasteiger partial charge in [-0.25, -0.2) is 23.6 Å². The van der Waals surface area contributed by atoms with Crippen LogP contribution < -0.4 is 11.3 Å². The van der Waals surface area contributed by atoms with E-state index in [-0.39, 0.29) is 23.7 Å². The number of pyridine rings is 1. The van der Waals surface area contributed by atoms with Gasteiger partial charge in [-0.3, -0.25) is 4.79 Å². The lowest BCUT2D eigenvalue weighted by Gasteiger charge is -2.34. The fraction of sp³-hybridized carbons (Fsp3) is 0.455. The standard InChI is InChI=1S/C11H15FN4O3S2/c1-21(18,19)8-6-20-5-4-16(8)11(17)7-2-3-14-10(15-13)9(7)12/h2-3,8H,4-6,13H2,1H3,(H,14,15). The molecule has 0 radical (unpaired) electrons. The Balaban J connectivity index is 2.38. The monoisotopic (exact) mass is 334 g/mol. The summed E-state index contributed by atoms with van der Waals surface area (Å²) in [5.74, 6) is 4.17. The van der Waals surface area contributed by atoms with Gasteiger partial charge in [0.2, 0.25) is 0 Å². The first-order valence-corrected chi connectivity index (χ1v) is 9.16. The van der Waals surface area contributed by atoms with Crippen molar-refractivity contribution in [1.29, 1.82) is 0 Å². The van der Waals surface area contributed by atoms with E-state index in [1.54, 1.807) is 0 Å². The molecule has 10 heteroatoms. The van der Waals surface area contributed by atoms with Gasteiger partial charge < -0.3 is 10.3 Å². The summed E-state index contributed by atoms with van der Waals surface area (Å²) in [5.41, 5.74) is 1.80. The minimum absolute atomic E-state index is 0.244. The molecule has 2 heterocycles. The Morgan fingerprint density at radius 1 is 1.62 bits per heavy atom. The minimum Gasteiger partial charge on any atom is -0.320 e. The van der Waals surface area contributed by atoms with Crippen molar-refractivity contribution in [2.75, 3.05) is 29.7 Å². The Kier molecular flexibility index (Phi) is 4.69. The van der Waals surface area contributed by atoms with E-state index in [2.05, 4.69) is 10.4 Å². The van der Waals surface area contributed by atoms with E-state index >= 15 is 0 Å². The molecule has 7 nitrogen and oxygen atoms in total. The molecule has 1 aliphatic heterocycles. The normalized spacial score (nSPS) is 19.4.